The van der Waals surface area contributed by atoms with Crippen LogP contribution in [0.15, 0.2) is 71.6 Å². The van der Waals surface area contributed by atoms with Crippen LogP contribution >= 0.6 is 34.2 Å². The van der Waals surface area contributed by atoms with Gasteiger partial charge in [-0.2, -0.15) is 0 Å². The normalized spacial score (nSPS) is 11.1. The Morgan fingerprint density at radius 2 is 1.81 bits per heavy atom. The number of hydrogen-bond acceptors (Lipinski definition) is 4. The van der Waals surface area contributed by atoms with Crippen LogP contribution in [0, 0.1) is 10.5 Å². The predicted octanol–water partition coefficient (Wildman–Crippen LogP) is 5.10. The number of nitrogens with zero attached hydrogens (tertiary/aromatic N) is 1. The second-order valence-corrected chi connectivity index (χ2v) is 10.2. The zero-order chi connectivity index (χ0) is 22.6. The average Bonchev–Trinajstić information content (AvgIpc) is 2.74. The highest BCUT2D eigenvalue weighted by Gasteiger charge is 2.27. The molecule has 6 nitrogen and oxygen atoms in total. The van der Waals surface area contributed by atoms with Crippen LogP contribution in [0.25, 0.3) is 0 Å². The number of rotatable bonds is 7. The minimum absolute atomic E-state index is 0.0338. The van der Waals surface area contributed by atoms with Crippen molar-refractivity contribution in [3.8, 4) is 5.75 Å². The van der Waals surface area contributed by atoms with Crippen LogP contribution < -0.4 is 14.4 Å². The molecule has 0 radical (unpaired) electrons. The highest BCUT2D eigenvalue weighted by Crippen LogP contribution is 2.27. The minimum atomic E-state index is -4.04. The van der Waals surface area contributed by atoms with Gasteiger partial charge < -0.3 is 10.1 Å². The van der Waals surface area contributed by atoms with Gasteiger partial charge in [0.25, 0.3) is 10.0 Å². The predicted molar refractivity (Wildman–Crippen MR) is 132 cm³/mol. The van der Waals surface area contributed by atoms with Crippen LogP contribution in [0.5, 0.6) is 5.75 Å². The van der Waals surface area contributed by atoms with Gasteiger partial charge in [0.2, 0.25) is 5.91 Å². The van der Waals surface area contributed by atoms with Crippen molar-refractivity contribution in [2.24, 2.45) is 0 Å². The maximum atomic E-state index is 13.4. The van der Waals surface area contributed by atoms with Gasteiger partial charge in [-0.3, -0.25) is 9.10 Å². The summed E-state index contributed by atoms with van der Waals surface area (Å²) in [6.45, 7) is 1.46. The molecule has 0 saturated heterocycles. The number of carbonyl (C=O) groups is 1. The molecule has 31 heavy (non-hydrogen) atoms. The fraction of sp³-hybridized carbons (Fsp3) is 0.136. The summed E-state index contributed by atoms with van der Waals surface area (Å²) >= 11 is 8.27. The van der Waals surface area contributed by atoms with E-state index in [2.05, 4.69) is 27.9 Å². The quantitative estimate of drug-likeness (QED) is 0.401. The molecule has 0 atom stereocenters. The van der Waals surface area contributed by atoms with Gasteiger partial charge in [0, 0.05) is 14.3 Å². The third-order valence-corrected chi connectivity index (χ3v) is 7.19. The van der Waals surface area contributed by atoms with Crippen molar-refractivity contribution in [3.63, 3.8) is 0 Å². The molecular weight excluding hydrogens is 551 g/mol. The minimum Gasteiger partial charge on any atom is -0.497 e. The molecule has 0 spiro atoms. The molecule has 0 heterocycles. The van der Waals surface area contributed by atoms with Gasteiger partial charge in [-0.05, 0) is 95.7 Å². The lowest BCUT2D eigenvalue weighted by molar-refractivity contribution is -0.114. The molecule has 0 aliphatic carbocycles. The highest BCUT2D eigenvalue weighted by molar-refractivity contribution is 14.1. The molecule has 0 unspecified atom stereocenters. The second-order valence-electron chi connectivity index (χ2n) is 6.67. The average molecular weight is 571 g/mol. The Morgan fingerprint density at radius 1 is 1.10 bits per heavy atom. The molecule has 1 amide bonds. The van der Waals surface area contributed by atoms with Crippen LogP contribution in [0.4, 0.5) is 11.4 Å². The zero-order valence-corrected chi connectivity index (χ0v) is 20.5. The molecule has 0 bridgehead atoms. The van der Waals surface area contributed by atoms with Gasteiger partial charge in [-0.1, -0.05) is 17.7 Å². The van der Waals surface area contributed by atoms with Crippen LogP contribution in [0.1, 0.15) is 5.56 Å². The topological polar surface area (TPSA) is 75.7 Å². The Balaban J connectivity index is 1.95. The first kappa shape index (κ1) is 23.4. The number of sulfonamides is 1. The van der Waals surface area contributed by atoms with E-state index in [0.29, 0.717) is 16.5 Å². The van der Waals surface area contributed by atoms with E-state index in [0.717, 1.165) is 13.4 Å². The van der Waals surface area contributed by atoms with Gasteiger partial charge >= 0.3 is 0 Å². The van der Waals surface area contributed by atoms with Crippen LogP contribution in [0.2, 0.25) is 5.02 Å². The molecule has 0 aromatic heterocycles. The number of carbonyl (C=O) groups excluding carboxylic acids is 1. The van der Waals surface area contributed by atoms with Crippen LogP contribution in [-0.2, 0) is 14.8 Å². The first-order valence-corrected chi connectivity index (χ1v) is 12.1. The molecule has 1 N–H and O–H groups in total. The monoisotopic (exact) mass is 570 g/mol. The maximum Gasteiger partial charge on any atom is 0.264 e. The molecule has 0 aliphatic rings. The van der Waals surface area contributed by atoms with E-state index in [4.69, 9.17) is 16.3 Å². The third kappa shape index (κ3) is 5.69. The summed E-state index contributed by atoms with van der Waals surface area (Å²) in [5.41, 5.74) is 1.80. The third-order valence-electron chi connectivity index (χ3n) is 4.49. The smallest absolute Gasteiger partial charge is 0.264 e. The molecular formula is C22H20ClIN2O4S. The zero-order valence-electron chi connectivity index (χ0n) is 16.8. The molecule has 9 heteroatoms. The molecule has 0 fully saturated rings. The summed E-state index contributed by atoms with van der Waals surface area (Å²) in [7, 11) is -2.54. The number of ether oxygens (including phenoxy) is 1. The lowest BCUT2D eigenvalue weighted by Crippen LogP contribution is -2.38. The lowest BCUT2D eigenvalue weighted by Gasteiger charge is -2.24. The van der Waals surface area contributed by atoms with Gasteiger partial charge in [0.15, 0.2) is 0 Å². The second kappa shape index (κ2) is 9.88. The van der Waals surface area contributed by atoms with Crippen LogP contribution in [0.3, 0.4) is 0 Å². The Bertz CT molecular complexity index is 1200. The molecule has 162 valence electrons. The molecule has 3 aromatic carbocycles. The standard InChI is InChI=1S/C22H20ClIN2O4S/c1-15-12-17(24)6-11-21(15)25-22(27)14-26(18-5-3-4-16(23)13-18)31(28,29)20-9-7-19(30-2)8-10-20/h3-13H,14H2,1-2H3,(H,25,27). The van der Waals surface area contributed by atoms with Gasteiger partial charge in [0.05, 0.1) is 17.7 Å². The summed E-state index contributed by atoms with van der Waals surface area (Å²) < 4.78 is 34.0. The van der Waals surface area contributed by atoms with Crippen molar-refractivity contribution in [1.29, 1.82) is 0 Å². The number of hydrogen-bond donors (Lipinski definition) is 1. The maximum absolute atomic E-state index is 13.4. The van der Waals surface area contributed by atoms with E-state index in [9.17, 15) is 13.2 Å². The van der Waals surface area contributed by atoms with Gasteiger partial charge in [-0.15, -0.1) is 0 Å². The van der Waals surface area contributed by atoms with Gasteiger partial charge in [0.1, 0.15) is 12.3 Å². The Labute approximate surface area is 200 Å². The number of aryl methyl sites for hydroxylation is 1. The first-order valence-electron chi connectivity index (χ1n) is 9.19. The Morgan fingerprint density at radius 3 is 2.42 bits per heavy atom. The van der Waals surface area contributed by atoms with E-state index in [1.165, 1.54) is 25.3 Å². The van der Waals surface area contributed by atoms with Crippen molar-refractivity contribution in [2.45, 2.75) is 11.8 Å². The summed E-state index contributed by atoms with van der Waals surface area (Å²) in [6, 6.07) is 17.9. The summed E-state index contributed by atoms with van der Waals surface area (Å²) in [5, 5.41) is 3.16. The first-order chi connectivity index (χ1) is 14.7. The van der Waals surface area contributed by atoms with Crippen molar-refractivity contribution in [2.75, 3.05) is 23.3 Å². The molecule has 0 aliphatic heterocycles. The summed E-state index contributed by atoms with van der Waals surface area (Å²) in [5.74, 6) is 0.0570. The van der Waals surface area contributed by atoms with Crippen molar-refractivity contribution >= 4 is 61.5 Å². The fourth-order valence-corrected chi connectivity index (χ4v) is 5.15. The molecule has 3 rings (SSSR count). The Kier molecular flexibility index (Phi) is 7.45. The number of anilines is 2. The van der Waals surface area contributed by atoms with Crippen molar-refractivity contribution in [3.05, 3.63) is 80.9 Å². The summed E-state index contributed by atoms with van der Waals surface area (Å²) in [6.07, 6.45) is 0. The van der Waals surface area contributed by atoms with E-state index < -0.39 is 22.5 Å². The van der Waals surface area contributed by atoms with E-state index in [-0.39, 0.29) is 10.6 Å². The van der Waals surface area contributed by atoms with E-state index in [1.54, 1.807) is 36.4 Å². The van der Waals surface area contributed by atoms with E-state index >= 15 is 0 Å². The number of methoxy groups -OCH3 is 1. The van der Waals surface area contributed by atoms with Crippen LogP contribution in [-0.4, -0.2) is 28.0 Å². The number of amides is 1. The lowest BCUT2D eigenvalue weighted by atomic mass is 10.2. The number of benzene rings is 3. The van der Waals surface area contributed by atoms with Crippen molar-refractivity contribution in [1.82, 2.24) is 0 Å². The fourth-order valence-electron chi connectivity index (χ4n) is 2.91. The Hall–Kier alpha value is -2.30. The highest BCUT2D eigenvalue weighted by atomic mass is 127. The molecule has 3 aromatic rings. The molecule has 0 saturated carbocycles. The number of halogens is 2. The number of nitrogens with one attached hydrogen (secondary N) is 1. The largest absolute Gasteiger partial charge is 0.497 e. The van der Waals surface area contributed by atoms with Crippen molar-refractivity contribution < 1.29 is 17.9 Å². The van der Waals surface area contributed by atoms with E-state index in [1.807, 2.05) is 19.1 Å². The SMILES string of the molecule is COc1ccc(S(=O)(=O)N(CC(=O)Nc2ccc(I)cc2C)c2cccc(Cl)c2)cc1. The van der Waals surface area contributed by atoms with Gasteiger partial charge in [-0.25, -0.2) is 8.42 Å². The summed E-state index contributed by atoms with van der Waals surface area (Å²) in [4.78, 5) is 12.9.